The van der Waals surface area contributed by atoms with E-state index in [9.17, 15) is 14.3 Å². The van der Waals surface area contributed by atoms with Crippen LogP contribution in [0, 0.1) is 5.82 Å². The Kier molecular flexibility index (Phi) is 4.50. The van der Waals surface area contributed by atoms with Gasteiger partial charge in [-0.3, -0.25) is 0 Å². The maximum absolute atomic E-state index is 13.4. The Morgan fingerprint density at radius 3 is 2.50 bits per heavy atom. The fourth-order valence-electron chi connectivity index (χ4n) is 1.62. The van der Waals surface area contributed by atoms with Crippen molar-refractivity contribution in [2.75, 3.05) is 0 Å². The molecule has 0 N–H and O–H groups in total. The van der Waals surface area contributed by atoms with Gasteiger partial charge in [0, 0.05) is 5.56 Å². The molecule has 20 heavy (non-hydrogen) atoms. The van der Waals surface area contributed by atoms with Gasteiger partial charge in [-0.05, 0) is 29.8 Å². The number of ether oxygens (including phenoxy) is 1. The molecule has 102 valence electrons. The summed E-state index contributed by atoms with van der Waals surface area (Å²) < 4.78 is 18.8. The normalized spacial score (nSPS) is 10.7. The summed E-state index contributed by atoms with van der Waals surface area (Å²) in [6.45, 7) is 0.140. The van der Waals surface area contributed by atoms with Crippen molar-refractivity contribution in [3.05, 3.63) is 71.6 Å². The highest BCUT2D eigenvalue weighted by Crippen LogP contribution is 2.16. The van der Waals surface area contributed by atoms with E-state index in [0.717, 1.165) is 6.08 Å². The quantitative estimate of drug-likeness (QED) is 0.783. The number of halogens is 1. The molecular formula is C16H12FO3-. The summed E-state index contributed by atoms with van der Waals surface area (Å²) in [4.78, 5) is 10.3. The minimum Gasteiger partial charge on any atom is -0.545 e. The maximum atomic E-state index is 13.4. The first kappa shape index (κ1) is 13.8. The summed E-state index contributed by atoms with van der Waals surface area (Å²) in [5, 5.41) is 10.3. The number of aliphatic carboxylic acids is 1. The zero-order valence-corrected chi connectivity index (χ0v) is 10.6. The van der Waals surface area contributed by atoms with E-state index in [1.807, 2.05) is 0 Å². The minimum atomic E-state index is -1.25. The van der Waals surface area contributed by atoms with E-state index in [4.69, 9.17) is 4.74 Å². The number of benzene rings is 2. The van der Waals surface area contributed by atoms with E-state index in [2.05, 4.69) is 0 Å². The van der Waals surface area contributed by atoms with Gasteiger partial charge in [0.1, 0.15) is 18.2 Å². The van der Waals surface area contributed by atoms with Crippen LogP contribution in [0.1, 0.15) is 11.1 Å². The van der Waals surface area contributed by atoms with Crippen LogP contribution in [-0.2, 0) is 11.4 Å². The third-order valence-electron chi connectivity index (χ3n) is 2.64. The standard InChI is InChI=1S/C16H13FO3/c17-15-4-2-1-3-13(15)11-20-14-8-5-12(6-9-14)7-10-16(18)19/h1-10H,11H2,(H,18,19)/p-1/b10-7+. The molecule has 0 saturated heterocycles. The van der Waals surface area contributed by atoms with Gasteiger partial charge in [-0.15, -0.1) is 0 Å². The molecule has 2 aromatic carbocycles. The van der Waals surface area contributed by atoms with Crippen molar-refractivity contribution in [3.8, 4) is 5.75 Å². The minimum absolute atomic E-state index is 0.140. The van der Waals surface area contributed by atoms with E-state index in [1.165, 1.54) is 12.1 Å². The highest BCUT2D eigenvalue weighted by atomic mass is 19.1. The fraction of sp³-hybridized carbons (Fsp3) is 0.0625. The second-order valence-electron chi connectivity index (χ2n) is 4.10. The van der Waals surface area contributed by atoms with Gasteiger partial charge >= 0.3 is 0 Å². The number of carbonyl (C=O) groups excluding carboxylic acids is 1. The zero-order valence-electron chi connectivity index (χ0n) is 10.6. The summed E-state index contributed by atoms with van der Waals surface area (Å²) in [6, 6.07) is 13.2. The van der Waals surface area contributed by atoms with Gasteiger partial charge < -0.3 is 14.6 Å². The van der Waals surface area contributed by atoms with Gasteiger partial charge in [-0.25, -0.2) is 4.39 Å². The van der Waals surface area contributed by atoms with Crippen LogP contribution >= 0.6 is 0 Å². The topological polar surface area (TPSA) is 49.4 Å². The van der Waals surface area contributed by atoms with Crippen molar-refractivity contribution in [2.45, 2.75) is 6.61 Å². The van der Waals surface area contributed by atoms with Crippen LogP contribution in [0.25, 0.3) is 6.08 Å². The van der Waals surface area contributed by atoms with E-state index in [0.29, 0.717) is 16.9 Å². The molecule has 0 heterocycles. The average Bonchev–Trinajstić information content (AvgIpc) is 2.45. The molecule has 0 spiro atoms. The highest BCUT2D eigenvalue weighted by Gasteiger charge is 2.01. The molecule has 0 amide bonds. The predicted molar refractivity (Wildman–Crippen MR) is 71.2 cm³/mol. The Bertz CT molecular complexity index is 618. The van der Waals surface area contributed by atoms with Gasteiger partial charge in [0.2, 0.25) is 0 Å². The first-order chi connectivity index (χ1) is 9.65. The summed E-state index contributed by atoms with van der Waals surface area (Å²) in [7, 11) is 0. The van der Waals surface area contributed by atoms with E-state index in [-0.39, 0.29) is 12.4 Å². The maximum Gasteiger partial charge on any atom is 0.129 e. The van der Waals surface area contributed by atoms with Crippen LogP contribution in [0.5, 0.6) is 5.75 Å². The monoisotopic (exact) mass is 271 g/mol. The Morgan fingerprint density at radius 1 is 1.15 bits per heavy atom. The number of carbonyl (C=O) groups is 1. The molecule has 0 radical (unpaired) electrons. The lowest BCUT2D eigenvalue weighted by molar-refractivity contribution is -0.297. The third-order valence-corrected chi connectivity index (χ3v) is 2.64. The number of carboxylic acid groups (broad SMARTS) is 1. The Labute approximate surface area is 115 Å². The van der Waals surface area contributed by atoms with Crippen LogP contribution < -0.4 is 9.84 Å². The second kappa shape index (κ2) is 6.52. The van der Waals surface area contributed by atoms with Crippen LogP contribution in [0.4, 0.5) is 4.39 Å². The lowest BCUT2D eigenvalue weighted by atomic mass is 10.2. The van der Waals surface area contributed by atoms with Crippen molar-refractivity contribution >= 4 is 12.0 Å². The van der Waals surface area contributed by atoms with Crippen molar-refractivity contribution < 1.29 is 19.0 Å². The molecular weight excluding hydrogens is 259 g/mol. The fourth-order valence-corrected chi connectivity index (χ4v) is 1.62. The Morgan fingerprint density at radius 2 is 1.85 bits per heavy atom. The van der Waals surface area contributed by atoms with Crippen molar-refractivity contribution in [1.29, 1.82) is 0 Å². The molecule has 0 saturated carbocycles. The lowest BCUT2D eigenvalue weighted by Gasteiger charge is -2.07. The SMILES string of the molecule is O=C([O-])/C=C/c1ccc(OCc2ccccc2F)cc1. The summed E-state index contributed by atoms with van der Waals surface area (Å²) in [5.74, 6) is -0.968. The average molecular weight is 271 g/mol. The van der Waals surface area contributed by atoms with Crippen molar-refractivity contribution in [1.82, 2.24) is 0 Å². The van der Waals surface area contributed by atoms with Gasteiger partial charge in [0.15, 0.2) is 0 Å². The number of carboxylic acids is 1. The molecule has 0 bridgehead atoms. The molecule has 0 aromatic heterocycles. The molecule has 2 rings (SSSR count). The second-order valence-corrected chi connectivity index (χ2v) is 4.10. The zero-order chi connectivity index (χ0) is 14.4. The van der Waals surface area contributed by atoms with Gasteiger partial charge in [-0.2, -0.15) is 0 Å². The predicted octanol–water partition coefficient (Wildman–Crippen LogP) is 2.17. The van der Waals surface area contributed by atoms with E-state index < -0.39 is 5.97 Å². The van der Waals surface area contributed by atoms with Crippen LogP contribution in [-0.4, -0.2) is 5.97 Å². The number of rotatable bonds is 5. The van der Waals surface area contributed by atoms with Gasteiger partial charge in [0.25, 0.3) is 0 Å². The van der Waals surface area contributed by atoms with Gasteiger partial charge in [0.05, 0.1) is 5.97 Å². The third kappa shape index (κ3) is 3.95. The van der Waals surface area contributed by atoms with Crippen LogP contribution in [0.2, 0.25) is 0 Å². The van der Waals surface area contributed by atoms with Crippen LogP contribution in [0.15, 0.2) is 54.6 Å². The Hall–Kier alpha value is -2.62. The molecule has 0 aliphatic carbocycles. The Balaban J connectivity index is 1.97. The molecule has 4 heteroatoms. The first-order valence-electron chi connectivity index (χ1n) is 6.00. The molecule has 0 aliphatic rings. The molecule has 3 nitrogen and oxygen atoms in total. The van der Waals surface area contributed by atoms with Crippen molar-refractivity contribution in [2.24, 2.45) is 0 Å². The number of hydrogen-bond donors (Lipinski definition) is 0. The molecule has 0 unspecified atom stereocenters. The van der Waals surface area contributed by atoms with Crippen molar-refractivity contribution in [3.63, 3.8) is 0 Å². The van der Waals surface area contributed by atoms with E-state index in [1.54, 1.807) is 42.5 Å². The first-order valence-corrected chi connectivity index (χ1v) is 6.00. The molecule has 2 aromatic rings. The molecule has 0 fully saturated rings. The summed E-state index contributed by atoms with van der Waals surface area (Å²) in [6.07, 6.45) is 2.38. The highest BCUT2D eigenvalue weighted by molar-refractivity contribution is 5.83. The van der Waals surface area contributed by atoms with E-state index >= 15 is 0 Å². The summed E-state index contributed by atoms with van der Waals surface area (Å²) in [5.41, 5.74) is 1.20. The smallest absolute Gasteiger partial charge is 0.129 e. The lowest BCUT2D eigenvalue weighted by Crippen LogP contribution is -2.18. The number of hydrogen-bond acceptors (Lipinski definition) is 3. The largest absolute Gasteiger partial charge is 0.545 e. The van der Waals surface area contributed by atoms with Gasteiger partial charge in [-0.1, -0.05) is 36.4 Å². The molecule has 0 aliphatic heterocycles. The summed E-state index contributed by atoms with van der Waals surface area (Å²) >= 11 is 0. The van der Waals surface area contributed by atoms with Crippen LogP contribution in [0.3, 0.4) is 0 Å². The molecule has 0 atom stereocenters.